The predicted molar refractivity (Wildman–Crippen MR) is 81.9 cm³/mol. The smallest absolute Gasteiger partial charge is 0.155 e. The normalized spacial score (nSPS) is 13.6. The topological polar surface area (TPSA) is 57.4 Å². The minimum Gasteiger partial charge on any atom is -0.497 e. The van der Waals surface area contributed by atoms with E-state index in [0.29, 0.717) is 5.75 Å². The lowest BCUT2D eigenvalue weighted by molar-refractivity contribution is 0.174. The van der Waals surface area contributed by atoms with Gasteiger partial charge in [0.2, 0.25) is 0 Å². The summed E-state index contributed by atoms with van der Waals surface area (Å²) < 4.78 is 12.0. The van der Waals surface area contributed by atoms with Crippen molar-refractivity contribution in [1.82, 2.24) is 4.98 Å². The van der Waals surface area contributed by atoms with Crippen LogP contribution < -0.4 is 15.2 Å². The van der Waals surface area contributed by atoms with Gasteiger partial charge in [0.1, 0.15) is 11.5 Å². The van der Waals surface area contributed by atoms with Gasteiger partial charge in [0.05, 0.1) is 17.3 Å². The van der Waals surface area contributed by atoms with Crippen LogP contribution in [0.15, 0.2) is 47.1 Å². The molecule has 2 unspecified atom stereocenters. The van der Waals surface area contributed by atoms with Crippen molar-refractivity contribution < 1.29 is 9.47 Å². The molecule has 2 atom stereocenters. The van der Waals surface area contributed by atoms with Gasteiger partial charge in [0.25, 0.3) is 0 Å². The Hall–Kier alpha value is -1.59. The van der Waals surface area contributed by atoms with Crippen LogP contribution >= 0.6 is 15.9 Å². The van der Waals surface area contributed by atoms with Crippen LogP contribution in [-0.2, 0) is 0 Å². The van der Waals surface area contributed by atoms with Gasteiger partial charge in [-0.3, -0.25) is 4.98 Å². The molecule has 0 spiro atoms. The molecule has 106 valence electrons. The molecule has 0 fully saturated rings. The maximum absolute atomic E-state index is 6.02. The molecule has 0 bridgehead atoms. The van der Waals surface area contributed by atoms with E-state index in [0.717, 1.165) is 15.9 Å². The zero-order valence-corrected chi connectivity index (χ0v) is 13.0. The van der Waals surface area contributed by atoms with Gasteiger partial charge in [-0.25, -0.2) is 0 Å². The molecule has 1 aromatic heterocycles. The standard InChI is InChI=1S/C15H17BrN2O2/c1-10(17)15(13-5-3-4-8-18-13)20-14-7-6-11(19-2)9-12(14)16/h3-10,15H,17H2,1-2H3. The van der Waals surface area contributed by atoms with Crippen LogP contribution in [0.4, 0.5) is 0 Å². The lowest BCUT2D eigenvalue weighted by Gasteiger charge is -2.22. The number of halogens is 1. The molecule has 0 amide bonds. The monoisotopic (exact) mass is 336 g/mol. The fraction of sp³-hybridized carbons (Fsp3) is 0.267. The Morgan fingerprint density at radius 2 is 2.05 bits per heavy atom. The third-order valence-electron chi connectivity index (χ3n) is 2.85. The summed E-state index contributed by atoms with van der Waals surface area (Å²) >= 11 is 3.47. The number of rotatable bonds is 5. The SMILES string of the molecule is COc1ccc(OC(c2ccccn2)C(C)N)c(Br)c1. The van der Waals surface area contributed by atoms with E-state index >= 15 is 0 Å². The highest BCUT2D eigenvalue weighted by molar-refractivity contribution is 9.10. The third-order valence-corrected chi connectivity index (χ3v) is 3.47. The molecule has 2 N–H and O–H groups in total. The van der Waals surface area contributed by atoms with E-state index in [-0.39, 0.29) is 12.1 Å². The largest absolute Gasteiger partial charge is 0.497 e. The lowest BCUT2D eigenvalue weighted by atomic mass is 10.1. The molecular formula is C15H17BrN2O2. The minimum atomic E-state index is -0.305. The first-order chi connectivity index (χ1) is 9.61. The summed E-state index contributed by atoms with van der Waals surface area (Å²) in [5.41, 5.74) is 6.83. The summed E-state index contributed by atoms with van der Waals surface area (Å²) in [6.45, 7) is 1.90. The van der Waals surface area contributed by atoms with Gasteiger partial charge < -0.3 is 15.2 Å². The van der Waals surface area contributed by atoms with Crippen molar-refractivity contribution in [2.24, 2.45) is 5.73 Å². The van der Waals surface area contributed by atoms with Crippen molar-refractivity contribution in [2.45, 2.75) is 19.1 Å². The Bertz CT molecular complexity index is 561. The molecule has 4 nitrogen and oxygen atoms in total. The quantitative estimate of drug-likeness (QED) is 0.909. The number of nitrogens with zero attached hydrogens (tertiary/aromatic N) is 1. The average Bonchev–Trinajstić information content (AvgIpc) is 2.46. The molecule has 0 aliphatic carbocycles. The van der Waals surface area contributed by atoms with Crippen molar-refractivity contribution in [3.63, 3.8) is 0 Å². The first-order valence-corrected chi connectivity index (χ1v) is 7.08. The maximum Gasteiger partial charge on any atom is 0.155 e. The molecular weight excluding hydrogens is 320 g/mol. The van der Waals surface area contributed by atoms with Crippen LogP contribution in [-0.4, -0.2) is 18.1 Å². The number of ether oxygens (including phenoxy) is 2. The second-order valence-electron chi connectivity index (χ2n) is 4.45. The van der Waals surface area contributed by atoms with Crippen LogP contribution in [0.1, 0.15) is 18.7 Å². The van der Waals surface area contributed by atoms with Crippen LogP contribution in [0.25, 0.3) is 0 Å². The fourth-order valence-corrected chi connectivity index (χ4v) is 2.27. The summed E-state index contributed by atoms with van der Waals surface area (Å²) in [6, 6.07) is 11.1. The Labute approximate surface area is 127 Å². The second-order valence-corrected chi connectivity index (χ2v) is 5.30. The van der Waals surface area contributed by atoms with E-state index in [9.17, 15) is 0 Å². The summed E-state index contributed by atoms with van der Waals surface area (Å²) in [7, 11) is 1.63. The number of aromatic nitrogens is 1. The molecule has 5 heteroatoms. The highest BCUT2D eigenvalue weighted by atomic mass is 79.9. The van der Waals surface area contributed by atoms with Crippen LogP contribution in [0.2, 0.25) is 0 Å². The molecule has 0 aliphatic rings. The molecule has 2 rings (SSSR count). The van der Waals surface area contributed by atoms with Crippen molar-refractivity contribution in [2.75, 3.05) is 7.11 Å². The van der Waals surface area contributed by atoms with Crippen LogP contribution in [0.5, 0.6) is 11.5 Å². The Balaban J connectivity index is 2.25. The highest BCUT2D eigenvalue weighted by Crippen LogP contribution is 2.32. The van der Waals surface area contributed by atoms with Crippen molar-refractivity contribution in [3.05, 3.63) is 52.8 Å². The predicted octanol–water partition coefficient (Wildman–Crippen LogP) is 3.32. The average molecular weight is 337 g/mol. The van der Waals surface area contributed by atoms with Gasteiger partial charge in [-0.05, 0) is 53.2 Å². The molecule has 1 heterocycles. The van der Waals surface area contributed by atoms with E-state index in [1.54, 1.807) is 13.3 Å². The van der Waals surface area contributed by atoms with Gasteiger partial charge in [-0.2, -0.15) is 0 Å². The van der Waals surface area contributed by atoms with Crippen molar-refractivity contribution >= 4 is 15.9 Å². The van der Waals surface area contributed by atoms with E-state index in [2.05, 4.69) is 20.9 Å². The molecule has 2 aromatic rings. The number of hydrogen-bond acceptors (Lipinski definition) is 4. The van der Waals surface area contributed by atoms with Gasteiger partial charge in [0.15, 0.2) is 6.10 Å². The summed E-state index contributed by atoms with van der Waals surface area (Å²) in [6.07, 6.45) is 1.43. The molecule has 0 saturated carbocycles. The van der Waals surface area contributed by atoms with Crippen LogP contribution in [0.3, 0.4) is 0 Å². The first kappa shape index (κ1) is 14.8. The Morgan fingerprint density at radius 1 is 1.25 bits per heavy atom. The van der Waals surface area contributed by atoms with Crippen molar-refractivity contribution in [3.8, 4) is 11.5 Å². The molecule has 0 aliphatic heterocycles. The zero-order valence-electron chi connectivity index (χ0n) is 11.4. The van der Waals surface area contributed by atoms with Crippen molar-refractivity contribution in [1.29, 1.82) is 0 Å². The Morgan fingerprint density at radius 3 is 2.60 bits per heavy atom. The van der Waals surface area contributed by atoms with E-state index in [1.165, 1.54) is 0 Å². The van der Waals surface area contributed by atoms with Gasteiger partial charge in [-0.15, -0.1) is 0 Å². The van der Waals surface area contributed by atoms with E-state index in [4.69, 9.17) is 15.2 Å². The lowest BCUT2D eigenvalue weighted by Crippen LogP contribution is -2.29. The second kappa shape index (κ2) is 6.72. The third kappa shape index (κ3) is 3.49. The summed E-state index contributed by atoms with van der Waals surface area (Å²) in [5, 5.41) is 0. The van der Waals surface area contributed by atoms with Gasteiger partial charge in [-0.1, -0.05) is 6.07 Å². The number of methoxy groups -OCH3 is 1. The highest BCUT2D eigenvalue weighted by Gasteiger charge is 2.20. The summed E-state index contributed by atoms with van der Waals surface area (Å²) in [4.78, 5) is 4.31. The minimum absolute atomic E-state index is 0.182. The van der Waals surface area contributed by atoms with Gasteiger partial charge in [0, 0.05) is 12.2 Å². The first-order valence-electron chi connectivity index (χ1n) is 6.28. The molecule has 20 heavy (non-hydrogen) atoms. The molecule has 0 radical (unpaired) electrons. The maximum atomic E-state index is 6.02. The number of nitrogens with two attached hydrogens (primary N) is 1. The number of hydrogen-bond donors (Lipinski definition) is 1. The fourth-order valence-electron chi connectivity index (χ4n) is 1.82. The molecule has 0 saturated heterocycles. The summed E-state index contributed by atoms with van der Waals surface area (Å²) in [5.74, 6) is 1.47. The molecule has 1 aromatic carbocycles. The van der Waals surface area contributed by atoms with E-state index in [1.807, 2.05) is 43.3 Å². The number of pyridine rings is 1. The number of benzene rings is 1. The van der Waals surface area contributed by atoms with Gasteiger partial charge >= 0.3 is 0 Å². The zero-order chi connectivity index (χ0) is 14.5. The van der Waals surface area contributed by atoms with Crippen LogP contribution in [0, 0.1) is 0 Å². The Kier molecular flexibility index (Phi) is 4.98. The van der Waals surface area contributed by atoms with E-state index < -0.39 is 0 Å².